The van der Waals surface area contributed by atoms with Crippen molar-refractivity contribution in [2.75, 3.05) is 0 Å². The topological polar surface area (TPSA) is 44.3 Å². The molecule has 3 N–H and O–H groups in total. The van der Waals surface area contributed by atoms with Gasteiger partial charge in [0.25, 0.3) is 0 Å². The molecule has 0 amide bonds. The average molecular weight is 420 g/mol. The van der Waals surface area contributed by atoms with Crippen molar-refractivity contribution in [1.82, 2.24) is 10.6 Å². The normalized spacial score (nSPS) is 21.4. The summed E-state index contributed by atoms with van der Waals surface area (Å²) in [4.78, 5) is 0. The number of hydrogen-bond donors (Lipinski definition) is 3. The van der Waals surface area contributed by atoms with Crippen molar-refractivity contribution in [3.63, 3.8) is 0 Å². The highest BCUT2D eigenvalue weighted by atomic mass is 79.9. The zero-order valence-corrected chi connectivity index (χ0v) is 16.2. The van der Waals surface area contributed by atoms with E-state index in [0.717, 1.165) is 33.9 Å². The van der Waals surface area contributed by atoms with Crippen molar-refractivity contribution >= 4 is 31.9 Å². The van der Waals surface area contributed by atoms with E-state index in [4.69, 9.17) is 0 Å². The van der Waals surface area contributed by atoms with E-state index < -0.39 is 0 Å². The summed E-state index contributed by atoms with van der Waals surface area (Å²) in [7, 11) is 0. The minimum atomic E-state index is 0.148. The van der Waals surface area contributed by atoms with Crippen LogP contribution in [-0.2, 0) is 6.54 Å². The van der Waals surface area contributed by atoms with Gasteiger partial charge in [-0.1, -0.05) is 0 Å². The SMILES string of the molecule is CC1(C)CC(NCc2cc(Br)c(O)c(Br)c2)CC(C)(C)N1. The van der Waals surface area contributed by atoms with Crippen LogP contribution in [0.3, 0.4) is 0 Å². The summed E-state index contributed by atoms with van der Waals surface area (Å²) in [6, 6.07) is 4.41. The molecule has 3 nitrogen and oxygen atoms in total. The maximum Gasteiger partial charge on any atom is 0.143 e. The molecule has 0 aliphatic carbocycles. The Morgan fingerprint density at radius 3 is 2.10 bits per heavy atom. The summed E-state index contributed by atoms with van der Waals surface area (Å²) in [5.74, 6) is 0.253. The Kier molecular flexibility index (Phi) is 5.08. The molecule has 1 aliphatic rings. The summed E-state index contributed by atoms with van der Waals surface area (Å²) < 4.78 is 1.44. The first-order valence-electron chi connectivity index (χ1n) is 7.28. The molecule has 0 spiro atoms. The van der Waals surface area contributed by atoms with Gasteiger partial charge >= 0.3 is 0 Å². The molecular weight excluding hydrogens is 396 g/mol. The Bertz CT molecular complexity index is 490. The highest BCUT2D eigenvalue weighted by Gasteiger charge is 2.37. The Hall–Kier alpha value is -0.100. The highest BCUT2D eigenvalue weighted by Crippen LogP contribution is 2.34. The number of hydrogen-bond acceptors (Lipinski definition) is 3. The molecule has 21 heavy (non-hydrogen) atoms. The first kappa shape index (κ1) is 17.3. The van der Waals surface area contributed by atoms with Crippen molar-refractivity contribution < 1.29 is 5.11 Å². The van der Waals surface area contributed by atoms with Gasteiger partial charge in [-0.2, -0.15) is 0 Å². The molecule has 0 atom stereocenters. The lowest BCUT2D eigenvalue weighted by molar-refractivity contribution is 0.145. The fourth-order valence-corrected chi connectivity index (χ4v) is 4.73. The third kappa shape index (κ3) is 4.68. The van der Waals surface area contributed by atoms with Crippen LogP contribution >= 0.6 is 31.9 Å². The van der Waals surface area contributed by atoms with Crippen LogP contribution < -0.4 is 10.6 Å². The molecule has 1 aliphatic heterocycles. The third-order valence-corrected chi connectivity index (χ3v) is 5.07. The zero-order valence-electron chi connectivity index (χ0n) is 13.1. The zero-order chi connectivity index (χ0) is 15.8. The van der Waals surface area contributed by atoms with E-state index in [-0.39, 0.29) is 16.8 Å². The van der Waals surface area contributed by atoms with Crippen LogP contribution in [-0.4, -0.2) is 22.2 Å². The molecule has 0 bridgehead atoms. The first-order chi connectivity index (χ1) is 9.58. The lowest BCUT2D eigenvalue weighted by atomic mass is 9.79. The standard InChI is InChI=1S/C16H24Br2N2O/c1-15(2)7-11(8-16(3,4)20-15)19-9-10-5-12(17)14(21)13(18)6-10/h5-6,11,19-21H,7-9H2,1-4H3. The fourth-order valence-electron chi connectivity index (χ4n) is 3.45. The van der Waals surface area contributed by atoms with Crippen LogP contribution in [0.15, 0.2) is 21.1 Å². The Morgan fingerprint density at radius 1 is 1.14 bits per heavy atom. The minimum absolute atomic E-state index is 0.148. The molecule has 1 aromatic carbocycles. The second-order valence-electron chi connectivity index (χ2n) is 7.29. The summed E-state index contributed by atoms with van der Waals surface area (Å²) in [6.45, 7) is 9.84. The monoisotopic (exact) mass is 418 g/mol. The van der Waals surface area contributed by atoms with E-state index in [0.29, 0.717) is 6.04 Å². The number of rotatable bonds is 3. The van der Waals surface area contributed by atoms with E-state index in [2.05, 4.69) is 70.2 Å². The number of phenolic OH excluding ortho intramolecular Hbond substituents is 1. The molecule has 1 fully saturated rings. The van der Waals surface area contributed by atoms with Gasteiger partial charge in [-0.25, -0.2) is 0 Å². The molecule has 1 heterocycles. The number of phenols is 1. The number of halogens is 2. The average Bonchev–Trinajstić information content (AvgIpc) is 2.29. The molecule has 5 heteroatoms. The van der Waals surface area contributed by atoms with Crippen molar-refractivity contribution in [2.24, 2.45) is 0 Å². The maximum absolute atomic E-state index is 9.76. The summed E-state index contributed by atoms with van der Waals surface area (Å²) >= 11 is 6.76. The van der Waals surface area contributed by atoms with Crippen LogP contribution in [0.2, 0.25) is 0 Å². The number of benzene rings is 1. The van der Waals surface area contributed by atoms with Gasteiger partial charge in [0.15, 0.2) is 0 Å². The predicted molar refractivity (Wildman–Crippen MR) is 94.7 cm³/mol. The van der Waals surface area contributed by atoms with E-state index in [1.165, 1.54) is 0 Å². The molecule has 1 aromatic rings. The van der Waals surface area contributed by atoms with E-state index in [1.807, 2.05) is 12.1 Å². The highest BCUT2D eigenvalue weighted by molar-refractivity contribution is 9.11. The van der Waals surface area contributed by atoms with E-state index in [1.54, 1.807) is 0 Å². The van der Waals surface area contributed by atoms with Gasteiger partial charge in [0.2, 0.25) is 0 Å². The van der Waals surface area contributed by atoms with Gasteiger partial charge < -0.3 is 15.7 Å². The molecule has 118 valence electrons. The smallest absolute Gasteiger partial charge is 0.143 e. The lowest BCUT2D eigenvalue weighted by Crippen LogP contribution is -2.61. The van der Waals surface area contributed by atoms with E-state index in [9.17, 15) is 5.11 Å². The summed E-state index contributed by atoms with van der Waals surface area (Å²) in [6.07, 6.45) is 2.22. The third-order valence-electron chi connectivity index (χ3n) is 3.86. The maximum atomic E-state index is 9.76. The van der Waals surface area contributed by atoms with Crippen LogP contribution in [0.25, 0.3) is 0 Å². The largest absolute Gasteiger partial charge is 0.506 e. The van der Waals surface area contributed by atoms with Crippen LogP contribution in [0, 0.1) is 0 Å². The Morgan fingerprint density at radius 2 is 1.62 bits per heavy atom. The predicted octanol–water partition coefficient (Wildman–Crippen LogP) is 4.32. The van der Waals surface area contributed by atoms with Gasteiger partial charge in [-0.15, -0.1) is 0 Å². The van der Waals surface area contributed by atoms with Crippen LogP contribution in [0.5, 0.6) is 5.75 Å². The molecular formula is C16H24Br2N2O. The molecule has 0 aromatic heterocycles. The second-order valence-corrected chi connectivity index (χ2v) is 9.00. The van der Waals surface area contributed by atoms with E-state index >= 15 is 0 Å². The molecule has 2 rings (SSSR count). The van der Waals surface area contributed by atoms with Crippen molar-refractivity contribution in [3.05, 3.63) is 26.6 Å². The Balaban J connectivity index is 2.03. The van der Waals surface area contributed by atoms with Gasteiger partial charge in [-0.05, 0) is 90.1 Å². The van der Waals surface area contributed by atoms with Crippen molar-refractivity contribution in [1.29, 1.82) is 0 Å². The number of nitrogens with one attached hydrogen (secondary N) is 2. The number of aromatic hydroxyl groups is 1. The van der Waals surface area contributed by atoms with Crippen LogP contribution in [0.4, 0.5) is 0 Å². The molecule has 1 saturated heterocycles. The minimum Gasteiger partial charge on any atom is -0.506 e. The Labute approximate surface area is 144 Å². The van der Waals surface area contributed by atoms with Gasteiger partial charge in [0.1, 0.15) is 5.75 Å². The molecule has 0 saturated carbocycles. The van der Waals surface area contributed by atoms with Gasteiger partial charge in [-0.3, -0.25) is 0 Å². The number of piperidine rings is 1. The summed E-state index contributed by atoms with van der Waals surface area (Å²) in [5.41, 5.74) is 1.45. The first-order valence-corrected chi connectivity index (χ1v) is 8.86. The van der Waals surface area contributed by atoms with Gasteiger partial charge in [0.05, 0.1) is 8.95 Å². The van der Waals surface area contributed by atoms with Crippen molar-refractivity contribution in [3.8, 4) is 5.75 Å². The van der Waals surface area contributed by atoms with Gasteiger partial charge in [0, 0.05) is 23.7 Å². The quantitative estimate of drug-likeness (QED) is 0.683. The fraction of sp³-hybridized carbons (Fsp3) is 0.625. The van der Waals surface area contributed by atoms with Crippen molar-refractivity contribution in [2.45, 2.75) is 64.2 Å². The second kappa shape index (κ2) is 6.19. The molecule has 0 radical (unpaired) electrons. The molecule has 0 unspecified atom stereocenters. The summed E-state index contributed by atoms with van der Waals surface area (Å²) in [5, 5.41) is 17.1. The van der Waals surface area contributed by atoms with Crippen LogP contribution in [0.1, 0.15) is 46.1 Å². The lowest BCUT2D eigenvalue weighted by Gasteiger charge is -2.46.